The van der Waals surface area contributed by atoms with Crippen LogP contribution < -0.4 is 0 Å². The van der Waals surface area contributed by atoms with Gasteiger partial charge < -0.3 is 9.30 Å². The molecular formula is C16H21N3O. The van der Waals surface area contributed by atoms with Gasteiger partial charge in [0, 0.05) is 38.6 Å². The van der Waals surface area contributed by atoms with Crippen molar-refractivity contribution in [3.05, 3.63) is 54.6 Å². The highest BCUT2D eigenvalue weighted by Crippen LogP contribution is 2.12. The Kier molecular flexibility index (Phi) is 4.46. The van der Waals surface area contributed by atoms with Gasteiger partial charge in [-0.15, -0.1) is 0 Å². The fourth-order valence-electron chi connectivity index (χ4n) is 2.70. The second kappa shape index (κ2) is 6.68. The first kappa shape index (κ1) is 13.3. The molecule has 0 saturated carbocycles. The maximum Gasteiger partial charge on any atom is 0.0946 e. The van der Waals surface area contributed by atoms with Crippen molar-refractivity contribution in [3.63, 3.8) is 0 Å². The normalized spacial score (nSPS) is 20.7. The second-order valence-electron chi connectivity index (χ2n) is 5.33. The number of ether oxygens (including phenoxy) is 1. The van der Waals surface area contributed by atoms with Gasteiger partial charge in [-0.05, 0) is 12.0 Å². The molecule has 1 fully saturated rings. The topological polar surface area (TPSA) is 30.3 Å². The first-order valence-electron chi connectivity index (χ1n) is 7.24. The molecule has 1 aromatic carbocycles. The Labute approximate surface area is 120 Å². The summed E-state index contributed by atoms with van der Waals surface area (Å²) in [6, 6.07) is 10.7. The van der Waals surface area contributed by atoms with E-state index in [9.17, 15) is 0 Å². The van der Waals surface area contributed by atoms with Crippen LogP contribution in [0.2, 0.25) is 0 Å². The summed E-state index contributed by atoms with van der Waals surface area (Å²) in [7, 11) is 0. The molecule has 0 bridgehead atoms. The lowest BCUT2D eigenvalue weighted by molar-refractivity contribution is 0.0415. The van der Waals surface area contributed by atoms with E-state index in [0.717, 1.165) is 39.2 Å². The van der Waals surface area contributed by atoms with Crippen molar-refractivity contribution in [2.24, 2.45) is 0 Å². The average Bonchev–Trinajstić information content (AvgIpc) is 2.87. The minimum absolute atomic E-state index is 0.246. The summed E-state index contributed by atoms with van der Waals surface area (Å²) in [6.07, 6.45) is 7.02. The van der Waals surface area contributed by atoms with Crippen molar-refractivity contribution in [3.8, 4) is 0 Å². The second-order valence-corrected chi connectivity index (χ2v) is 5.33. The SMILES string of the molecule is c1ccc(CN2CCCO[C@H](Cn3ccnc3)C2)cc1. The van der Waals surface area contributed by atoms with Crippen molar-refractivity contribution < 1.29 is 4.74 Å². The van der Waals surface area contributed by atoms with E-state index in [2.05, 4.69) is 44.8 Å². The third-order valence-electron chi connectivity index (χ3n) is 3.66. The lowest BCUT2D eigenvalue weighted by atomic mass is 10.2. The van der Waals surface area contributed by atoms with Crippen LogP contribution in [0.4, 0.5) is 0 Å². The summed E-state index contributed by atoms with van der Waals surface area (Å²) in [5.41, 5.74) is 1.37. The third-order valence-corrected chi connectivity index (χ3v) is 3.66. The number of nitrogens with zero attached hydrogens (tertiary/aromatic N) is 3. The quantitative estimate of drug-likeness (QED) is 0.854. The van der Waals surface area contributed by atoms with Crippen LogP contribution in [0.3, 0.4) is 0 Å². The summed E-state index contributed by atoms with van der Waals surface area (Å²) in [6.45, 7) is 4.82. The minimum atomic E-state index is 0.246. The van der Waals surface area contributed by atoms with Crippen LogP contribution in [0.1, 0.15) is 12.0 Å². The van der Waals surface area contributed by atoms with Crippen molar-refractivity contribution >= 4 is 0 Å². The molecule has 4 nitrogen and oxygen atoms in total. The van der Waals surface area contributed by atoms with E-state index in [1.165, 1.54) is 5.56 Å². The third kappa shape index (κ3) is 3.68. The first-order chi connectivity index (χ1) is 9.90. The van der Waals surface area contributed by atoms with E-state index in [-0.39, 0.29) is 6.10 Å². The van der Waals surface area contributed by atoms with Crippen molar-refractivity contribution in [1.29, 1.82) is 0 Å². The van der Waals surface area contributed by atoms with E-state index < -0.39 is 0 Å². The Balaban J connectivity index is 1.60. The van der Waals surface area contributed by atoms with Gasteiger partial charge in [0.25, 0.3) is 0 Å². The molecule has 1 atom stereocenters. The van der Waals surface area contributed by atoms with Gasteiger partial charge in [0.2, 0.25) is 0 Å². The zero-order valence-electron chi connectivity index (χ0n) is 11.7. The van der Waals surface area contributed by atoms with Crippen LogP contribution in [-0.2, 0) is 17.8 Å². The molecule has 1 saturated heterocycles. The van der Waals surface area contributed by atoms with Crippen LogP contribution in [0, 0.1) is 0 Å². The maximum atomic E-state index is 5.95. The van der Waals surface area contributed by atoms with Gasteiger partial charge >= 0.3 is 0 Å². The van der Waals surface area contributed by atoms with Gasteiger partial charge in [0.15, 0.2) is 0 Å². The van der Waals surface area contributed by atoms with Gasteiger partial charge in [-0.2, -0.15) is 0 Å². The monoisotopic (exact) mass is 271 g/mol. The minimum Gasteiger partial charge on any atom is -0.375 e. The molecule has 4 heteroatoms. The molecule has 3 rings (SSSR count). The van der Waals surface area contributed by atoms with E-state index in [1.807, 2.05) is 18.7 Å². The molecule has 1 aliphatic heterocycles. The number of hydrogen-bond acceptors (Lipinski definition) is 3. The molecule has 20 heavy (non-hydrogen) atoms. The summed E-state index contributed by atoms with van der Waals surface area (Å²) >= 11 is 0. The van der Waals surface area contributed by atoms with Gasteiger partial charge in [0.05, 0.1) is 19.0 Å². The van der Waals surface area contributed by atoms with Gasteiger partial charge in [-0.1, -0.05) is 30.3 Å². The van der Waals surface area contributed by atoms with Gasteiger partial charge in [-0.3, -0.25) is 4.90 Å². The molecule has 2 heterocycles. The number of hydrogen-bond donors (Lipinski definition) is 0. The van der Waals surface area contributed by atoms with Crippen molar-refractivity contribution in [2.75, 3.05) is 19.7 Å². The number of rotatable bonds is 4. The smallest absolute Gasteiger partial charge is 0.0946 e. The molecular weight excluding hydrogens is 250 g/mol. The zero-order valence-corrected chi connectivity index (χ0v) is 11.7. The number of imidazole rings is 1. The van der Waals surface area contributed by atoms with E-state index in [4.69, 9.17) is 4.74 Å². The predicted molar refractivity (Wildman–Crippen MR) is 78.3 cm³/mol. The van der Waals surface area contributed by atoms with E-state index in [0.29, 0.717) is 0 Å². The molecule has 1 aromatic heterocycles. The largest absolute Gasteiger partial charge is 0.375 e. The van der Waals surface area contributed by atoms with Crippen LogP contribution >= 0.6 is 0 Å². The molecule has 1 aliphatic rings. The molecule has 2 aromatic rings. The molecule has 0 radical (unpaired) electrons. The fourth-order valence-corrected chi connectivity index (χ4v) is 2.70. The van der Waals surface area contributed by atoms with Crippen molar-refractivity contribution in [2.45, 2.75) is 25.6 Å². The fraction of sp³-hybridized carbons (Fsp3) is 0.438. The highest BCUT2D eigenvalue weighted by Gasteiger charge is 2.19. The molecule has 0 aliphatic carbocycles. The van der Waals surface area contributed by atoms with Gasteiger partial charge in [-0.25, -0.2) is 4.98 Å². The number of benzene rings is 1. The van der Waals surface area contributed by atoms with Crippen LogP contribution in [0.25, 0.3) is 0 Å². The predicted octanol–water partition coefficient (Wildman–Crippen LogP) is 2.17. The number of aromatic nitrogens is 2. The Morgan fingerprint density at radius 1 is 1.25 bits per heavy atom. The average molecular weight is 271 g/mol. The summed E-state index contributed by atoms with van der Waals surface area (Å²) in [5.74, 6) is 0. The Bertz CT molecular complexity index is 498. The first-order valence-corrected chi connectivity index (χ1v) is 7.24. The van der Waals surface area contributed by atoms with E-state index >= 15 is 0 Å². The standard InChI is InChI=1S/C16H21N3O/c1-2-5-15(6-3-1)11-18-8-4-10-20-16(12-18)13-19-9-7-17-14-19/h1-3,5-7,9,14,16H,4,8,10-13H2/t16-/m0/s1. The highest BCUT2D eigenvalue weighted by molar-refractivity contribution is 5.14. The van der Waals surface area contributed by atoms with E-state index in [1.54, 1.807) is 0 Å². The molecule has 106 valence electrons. The summed E-state index contributed by atoms with van der Waals surface area (Å²) < 4.78 is 8.05. The summed E-state index contributed by atoms with van der Waals surface area (Å²) in [4.78, 5) is 6.58. The van der Waals surface area contributed by atoms with Crippen LogP contribution in [0.15, 0.2) is 49.1 Å². The van der Waals surface area contributed by atoms with Gasteiger partial charge in [0.1, 0.15) is 0 Å². The summed E-state index contributed by atoms with van der Waals surface area (Å²) in [5, 5.41) is 0. The Hall–Kier alpha value is -1.65. The molecule has 0 N–H and O–H groups in total. The Morgan fingerprint density at radius 2 is 2.15 bits per heavy atom. The highest BCUT2D eigenvalue weighted by atomic mass is 16.5. The lowest BCUT2D eigenvalue weighted by Gasteiger charge is -2.24. The van der Waals surface area contributed by atoms with Crippen molar-refractivity contribution in [1.82, 2.24) is 14.5 Å². The molecule has 0 spiro atoms. The lowest BCUT2D eigenvalue weighted by Crippen LogP contribution is -2.33. The molecule has 0 amide bonds. The van der Waals surface area contributed by atoms with Crippen LogP contribution in [0.5, 0.6) is 0 Å². The van der Waals surface area contributed by atoms with Crippen LogP contribution in [-0.4, -0.2) is 40.3 Å². The molecule has 0 unspecified atom stereocenters. The Morgan fingerprint density at radius 3 is 2.95 bits per heavy atom. The zero-order chi connectivity index (χ0) is 13.6. The maximum absolute atomic E-state index is 5.95.